The Morgan fingerprint density at radius 3 is 1.70 bits per heavy atom. The van der Waals surface area contributed by atoms with E-state index in [0.717, 1.165) is 33.4 Å². The van der Waals surface area contributed by atoms with E-state index >= 15 is 0 Å². The van der Waals surface area contributed by atoms with E-state index in [-0.39, 0.29) is 54.5 Å². The molecule has 0 fully saturated rings. The van der Waals surface area contributed by atoms with Crippen LogP contribution in [0, 0.1) is 25.2 Å². The van der Waals surface area contributed by atoms with Crippen LogP contribution in [0.3, 0.4) is 0 Å². The number of aliphatic hydroxyl groups is 2. The fourth-order valence-corrected chi connectivity index (χ4v) is 6.62. The molecule has 14 nitrogen and oxygen atoms in total. The molecule has 0 aliphatic rings. The third kappa shape index (κ3) is 11.1. The molecule has 16 heteroatoms. The van der Waals surface area contributed by atoms with Crippen molar-refractivity contribution in [3.63, 3.8) is 0 Å². The van der Waals surface area contributed by atoms with Crippen molar-refractivity contribution < 1.29 is 49.3 Å². The smallest absolute Gasteiger partial charge is 0.326 e. The summed E-state index contributed by atoms with van der Waals surface area (Å²) >= 11 is 13.3. The number of aliphatic carboxylic acids is 2. The van der Waals surface area contributed by atoms with Crippen LogP contribution in [0.2, 0.25) is 10.0 Å². The van der Waals surface area contributed by atoms with Gasteiger partial charge in [0.25, 0.3) is 0 Å². The number of pyridine rings is 1. The van der Waals surface area contributed by atoms with Gasteiger partial charge in [-0.15, -0.1) is 0 Å². The molecule has 0 aliphatic heterocycles. The minimum atomic E-state index is -1.63. The molecule has 61 heavy (non-hydrogen) atoms. The van der Waals surface area contributed by atoms with Crippen molar-refractivity contribution in [1.29, 1.82) is 5.26 Å². The van der Waals surface area contributed by atoms with E-state index < -0.39 is 36.2 Å². The zero-order valence-electron chi connectivity index (χ0n) is 33.9. The second-order valence-electron chi connectivity index (χ2n) is 14.8. The molecule has 0 amide bonds. The Morgan fingerprint density at radius 1 is 0.705 bits per heavy atom. The van der Waals surface area contributed by atoms with Crippen LogP contribution in [0.4, 0.5) is 0 Å². The lowest BCUT2D eigenvalue weighted by molar-refractivity contribution is -0.146. The van der Waals surface area contributed by atoms with Crippen LogP contribution in [-0.2, 0) is 42.5 Å². The number of nitrogens with one attached hydrogen (secondary N) is 2. The zero-order valence-corrected chi connectivity index (χ0v) is 35.4. The van der Waals surface area contributed by atoms with Crippen LogP contribution in [0.25, 0.3) is 11.1 Å². The van der Waals surface area contributed by atoms with Crippen molar-refractivity contribution >= 4 is 35.1 Å². The highest BCUT2D eigenvalue weighted by Gasteiger charge is 2.33. The normalized spacial score (nSPS) is 13.1. The number of rotatable bonds is 20. The molecule has 5 aromatic rings. The third-order valence-corrected chi connectivity index (χ3v) is 11.0. The lowest BCUT2D eigenvalue weighted by Gasteiger charge is -2.25. The van der Waals surface area contributed by atoms with Crippen molar-refractivity contribution in [3.05, 3.63) is 134 Å². The van der Waals surface area contributed by atoms with E-state index in [1.165, 1.54) is 32.2 Å². The highest BCUT2D eigenvalue weighted by atomic mass is 35.5. The van der Waals surface area contributed by atoms with Gasteiger partial charge in [-0.3, -0.25) is 25.2 Å². The minimum absolute atomic E-state index is 0.0127. The van der Waals surface area contributed by atoms with Crippen LogP contribution in [0.15, 0.2) is 79.1 Å². The summed E-state index contributed by atoms with van der Waals surface area (Å²) < 4.78 is 18.5. The predicted octanol–water partition coefficient (Wildman–Crippen LogP) is 6.84. The predicted molar refractivity (Wildman–Crippen MR) is 228 cm³/mol. The van der Waals surface area contributed by atoms with Gasteiger partial charge < -0.3 is 39.7 Å². The Kier molecular flexibility index (Phi) is 15.2. The number of hydrogen-bond acceptors (Lipinski definition) is 12. The number of carboxylic acid groups (broad SMARTS) is 2. The molecule has 1 heterocycles. The van der Waals surface area contributed by atoms with Gasteiger partial charge in [-0.05, 0) is 79.3 Å². The van der Waals surface area contributed by atoms with Crippen molar-refractivity contribution in [2.45, 2.75) is 71.7 Å². The molecule has 0 bridgehead atoms. The van der Waals surface area contributed by atoms with Gasteiger partial charge in [0.1, 0.15) is 60.0 Å². The van der Waals surface area contributed by atoms with E-state index in [9.17, 15) is 40.4 Å². The summed E-state index contributed by atoms with van der Waals surface area (Å²) in [6.45, 7) is 5.59. The average molecular weight is 874 g/mol. The first kappa shape index (κ1) is 46.2. The number of aliphatic hydroxyl groups excluding tert-OH is 2. The van der Waals surface area contributed by atoms with Gasteiger partial charge in [0.15, 0.2) is 0 Å². The van der Waals surface area contributed by atoms with Crippen LogP contribution in [0.1, 0.15) is 58.4 Å². The van der Waals surface area contributed by atoms with Gasteiger partial charge in [0, 0.05) is 54.3 Å². The van der Waals surface area contributed by atoms with E-state index in [2.05, 4.69) is 15.6 Å². The molecule has 0 saturated carbocycles. The van der Waals surface area contributed by atoms with Crippen molar-refractivity contribution in [3.8, 4) is 40.2 Å². The molecule has 7 N–H and O–H groups in total. The Hall–Kier alpha value is -5.92. The maximum atomic E-state index is 11.9. The Balaban J connectivity index is 1.33. The number of hydrogen-bond donors (Lipinski definition) is 7. The number of nitrogens with zero attached hydrogens (tertiary/aromatic N) is 2. The van der Waals surface area contributed by atoms with Gasteiger partial charge in [-0.25, -0.2) is 0 Å². The Bertz CT molecular complexity index is 2460. The van der Waals surface area contributed by atoms with Crippen LogP contribution < -0.4 is 24.8 Å². The molecule has 0 spiro atoms. The fourth-order valence-electron chi connectivity index (χ4n) is 6.14. The lowest BCUT2D eigenvalue weighted by Crippen LogP contribution is -2.52. The maximum absolute atomic E-state index is 11.9. The summed E-state index contributed by atoms with van der Waals surface area (Å²) in [7, 11) is 0. The van der Waals surface area contributed by atoms with E-state index in [0.29, 0.717) is 33.8 Å². The first-order valence-electron chi connectivity index (χ1n) is 18.9. The first-order valence-corrected chi connectivity index (χ1v) is 19.7. The summed E-state index contributed by atoms with van der Waals surface area (Å²) in [6, 6.07) is 21.5. The number of nitriles is 1. The average Bonchev–Trinajstić information content (AvgIpc) is 3.25. The van der Waals surface area contributed by atoms with Gasteiger partial charge in [-0.1, -0.05) is 59.6 Å². The number of phenols is 1. The molecule has 0 radical (unpaired) electrons. The fraction of sp³-hybridized carbons (Fsp3) is 0.289. The van der Waals surface area contributed by atoms with Crippen LogP contribution in [0.5, 0.6) is 23.0 Å². The minimum Gasteiger partial charge on any atom is -0.507 e. The van der Waals surface area contributed by atoms with Gasteiger partial charge in [0.05, 0.1) is 28.8 Å². The van der Waals surface area contributed by atoms with Crippen LogP contribution in [-0.4, -0.2) is 66.7 Å². The quantitative estimate of drug-likeness (QED) is 0.0426. The molecule has 2 unspecified atom stereocenters. The molecule has 0 aliphatic carbocycles. The Morgan fingerprint density at radius 2 is 1.20 bits per heavy atom. The Labute approximate surface area is 362 Å². The molecule has 5 rings (SSSR count). The van der Waals surface area contributed by atoms with Crippen molar-refractivity contribution in [1.82, 2.24) is 15.6 Å². The number of carboxylic acids is 2. The second kappa shape index (κ2) is 20.1. The lowest BCUT2D eigenvalue weighted by atomic mass is 9.92. The van der Waals surface area contributed by atoms with Gasteiger partial charge in [0.2, 0.25) is 0 Å². The molecule has 1 aromatic heterocycles. The largest absolute Gasteiger partial charge is 0.507 e. The van der Waals surface area contributed by atoms with E-state index in [1.54, 1.807) is 24.4 Å². The summed E-state index contributed by atoms with van der Waals surface area (Å²) in [5, 5.41) is 64.5. The number of ether oxygens (including phenoxy) is 3. The zero-order chi connectivity index (χ0) is 44.5. The summed E-state index contributed by atoms with van der Waals surface area (Å²) in [5.74, 6) is -1.75. The molecule has 0 saturated heterocycles. The summed E-state index contributed by atoms with van der Waals surface area (Å²) in [6.07, 6.45) is 3.01. The number of halogens is 2. The summed E-state index contributed by atoms with van der Waals surface area (Å²) in [5.41, 5.74) is 4.17. The number of phenolic OH excluding ortho intramolecular Hbond substituents is 1. The maximum Gasteiger partial charge on any atom is 0.326 e. The molecular weight excluding hydrogens is 827 g/mol. The number of carbonyl (C=O) groups is 2. The molecule has 2 atom stereocenters. The van der Waals surface area contributed by atoms with Gasteiger partial charge >= 0.3 is 11.9 Å². The second-order valence-corrected chi connectivity index (χ2v) is 15.7. The van der Waals surface area contributed by atoms with Crippen molar-refractivity contribution in [2.24, 2.45) is 0 Å². The number of aromatic nitrogens is 1. The third-order valence-electron chi connectivity index (χ3n) is 10.4. The monoisotopic (exact) mass is 872 g/mol. The highest BCUT2D eigenvalue weighted by Crippen LogP contribution is 2.37. The molecular formula is C45H46Cl2N4O10. The summed E-state index contributed by atoms with van der Waals surface area (Å²) in [4.78, 5) is 27.5. The SMILES string of the molecule is Cc1c(COc2cc(O)c(CNC(C)(CO)C(=O)O)cc2Cl)cccc1-c1cccc(COc2cc(OCc3cncc(C#N)c3)c(CNC(C)(CO)C(=O)O)cc2Cl)c1C. The van der Waals surface area contributed by atoms with Gasteiger partial charge in [-0.2, -0.15) is 5.26 Å². The van der Waals surface area contributed by atoms with E-state index in [1.807, 2.05) is 56.3 Å². The van der Waals surface area contributed by atoms with E-state index in [4.69, 9.17) is 37.4 Å². The molecule has 4 aromatic carbocycles. The first-order chi connectivity index (χ1) is 29.0. The standard InChI is InChI=1S/C45H46Cl2N4O10/c1-26-30(22-60-40-14-38(54)32(12-36(40)46)19-50-44(3,24-52)42(55)56)7-5-9-34(26)35-10-6-8-31(27(35)2)23-61-41-15-39(59-21-29-11-28(16-48)17-49-18-29)33(13-37(41)47)20-51-45(4,25-53)43(57)58/h5-15,17-18,50-54H,19-25H2,1-4H3,(H,55,56)(H,57,58). The number of benzene rings is 4. The van der Waals surface area contributed by atoms with Crippen molar-refractivity contribution in [2.75, 3.05) is 13.2 Å². The highest BCUT2D eigenvalue weighted by molar-refractivity contribution is 6.32. The molecule has 320 valence electrons. The number of aromatic hydroxyl groups is 1. The topological polar surface area (TPSA) is 224 Å². The van der Waals surface area contributed by atoms with Crippen LogP contribution >= 0.6 is 23.2 Å².